The van der Waals surface area contributed by atoms with Crippen molar-refractivity contribution in [1.82, 2.24) is 5.32 Å². The van der Waals surface area contributed by atoms with Crippen LogP contribution in [0.25, 0.3) is 0 Å². The fraction of sp³-hybridized carbons (Fsp3) is 1.00. The number of rotatable bonds is 4. The molecule has 3 aliphatic rings. The first kappa shape index (κ1) is 12.9. The molecule has 1 saturated heterocycles. The van der Waals surface area contributed by atoms with Crippen molar-refractivity contribution in [3.63, 3.8) is 0 Å². The van der Waals surface area contributed by atoms with Crippen molar-refractivity contribution >= 4 is 0 Å². The van der Waals surface area contributed by atoms with E-state index in [9.17, 15) is 0 Å². The summed E-state index contributed by atoms with van der Waals surface area (Å²) in [4.78, 5) is 0. The maximum absolute atomic E-state index is 5.85. The van der Waals surface area contributed by atoms with Gasteiger partial charge in [-0.15, -0.1) is 0 Å². The van der Waals surface area contributed by atoms with E-state index >= 15 is 0 Å². The van der Waals surface area contributed by atoms with E-state index in [1.807, 2.05) is 0 Å². The molecule has 18 heavy (non-hydrogen) atoms. The van der Waals surface area contributed by atoms with Gasteiger partial charge in [-0.2, -0.15) is 0 Å². The summed E-state index contributed by atoms with van der Waals surface area (Å²) in [7, 11) is 0. The lowest BCUT2D eigenvalue weighted by Gasteiger charge is -2.34. The van der Waals surface area contributed by atoms with Crippen molar-refractivity contribution in [1.29, 1.82) is 0 Å². The minimum absolute atomic E-state index is 0.483. The molecule has 2 nitrogen and oxygen atoms in total. The summed E-state index contributed by atoms with van der Waals surface area (Å²) in [6.07, 6.45) is 9.00. The molecule has 0 aromatic rings. The van der Waals surface area contributed by atoms with Gasteiger partial charge < -0.3 is 10.1 Å². The van der Waals surface area contributed by atoms with Crippen LogP contribution in [-0.4, -0.2) is 25.3 Å². The van der Waals surface area contributed by atoms with Crippen molar-refractivity contribution in [2.24, 2.45) is 23.7 Å². The number of hydrogen-bond acceptors (Lipinski definition) is 2. The van der Waals surface area contributed by atoms with Crippen LogP contribution in [0.4, 0.5) is 0 Å². The maximum Gasteiger partial charge on any atom is 0.0612 e. The van der Waals surface area contributed by atoms with E-state index < -0.39 is 0 Å². The molecule has 0 spiro atoms. The summed E-state index contributed by atoms with van der Waals surface area (Å²) in [5.41, 5.74) is 0. The van der Waals surface area contributed by atoms with Crippen LogP contribution in [0.2, 0.25) is 0 Å². The topological polar surface area (TPSA) is 21.3 Å². The van der Waals surface area contributed by atoms with Crippen molar-refractivity contribution in [2.45, 2.75) is 64.5 Å². The van der Waals surface area contributed by atoms with Gasteiger partial charge in [-0.3, -0.25) is 0 Å². The van der Waals surface area contributed by atoms with Gasteiger partial charge in [0.15, 0.2) is 0 Å². The molecule has 104 valence electrons. The molecule has 3 fully saturated rings. The second kappa shape index (κ2) is 5.50. The van der Waals surface area contributed by atoms with Crippen molar-refractivity contribution in [3.8, 4) is 0 Å². The number of fused-ring (bicyclic) bond motifs is 2. The third-order valence-corrected chi connectivity index (χ3v) is 5.61. The Morgan fingerprint density at radius 3 is 2.67 bits per heavy atom. The fourth-order valence-corrected chi connectivity index (χ4v) is 4.42. The normalized spacial score (nSPS) is 43.8. The highest BCUT2D eigenvalue weighted by molar-refractivity contribution is 4.91. The monoisotopic (exact) mass is 251 g/mol. The second-order valence-electron chi connectivity index (χ2n) is 7.22. The summed E-state index contributed by atoms with van der Waals surface area (Å²) in [5, 5.41) is 3.85. The molecule has 2 aliphatic carbocycles. The molecule has 2 heteroatoms. The molecule has 1 N–H and O–H groups in total. The Morgan fingerprint density at radius 2 is 2.00 bits per heavy atom. The molecule has 1 aliphatic heterocycles. The summed E-state index contributed by atoms with van der Waals surface area (Å²) in [6.45, 7) is 6.79. The van der Waals surface area contributed by atoms with E-state index in [0.717, 1.165) is 24.4 Å². The largest absolute Gasteiger partial charge is 0.378 e. The minimum atomic E-state index is 0.483. The van der Waals surface area contributed by atoms with Crippen LogP contribution >= 0.6 is 0 Å². The number of nitrogens with one attached hydrogen (secondary N) is 1. The second-order valence-corrected chi connectivity index (χ2v) is 7.22. The molecule has 0 radical (unpaired) electrons. The molecule has 0 aromatic carbocycles. The first-order valence-electron chi connectivity index (χ1n) is 8.07. The molecule has 0 amide bonds. The number of ether oxygens (including phenoxy) is 1. The lowest BCUT2D eigenvalue weighted by atomic mass is 9.88. The Morgan fingerprint density at radius 1 is 1.11 bits per heavy atom. The standard InChI is InChI=1S/C16H29NO/c1-11(2)16-9-15(5-6-18-16)17-10-14-8-12-3-4-13(14)7-12/h11-17H,3-10H2,1-2H3. The lowest BCUT2D eigenvalue weighted by molar-refractivity contribution is -0.0250. The van der Waals surface area contributed by atoms with Gasteiger partial charge in [0.05, 0.1) is 6.10 Å². The molecular weight excluding hydrogens is 222 g/mol. The molecule has 3 rings (SSSR count). The zero-order valence-corrected chi connectivity index (χ0v) is 12.0. The summed E-state index contributed by atoms with van der Waals surface area (Å²) in [5.74, 6) is 3.80. The van der Waals surface area contributed by atoms with Gasteiger partial charge in [0, 0.05) is 12.6 Å². The summed E-state index contributed by atoms with van der Waals surface area (Å²) < 4.78 is 5.85. The smallest absolute Gasteiger partial charge is 0.0612 e. The first-order chi connectivity index (χ1) is 8.72. The molecule has 0 aromatic heterocycles. The van der Waals surface area contributed by atoms with Crippen molar-refractivity contribution in [3.05, 3.63) is 0 Å². The lowest BCUT2D eigenvalue weighted by Crippen LogP contribution is -2.43. The van der Waals surface area contributed by atoms with Gasteiger partial charge in [0.1, 0.15) is 0 Å². The molecular formula is C16H29NO. The van der Waals surface area contributed by atoms with Gasteiger partial charge in [0.2, 0.25) is 0 Å². The maximum atomic E-state index is 5.85. The Labute approximate surface area is 112 Å². The average molecular weight is 251 g/mol. The van der Waals surface area contributed by atoms with Crippen LogP contribution in [0.3, 0.4) is 0 Å². The molecule has 1 heterocycles. The molecule has 5 unspecified atom stereocenters. The quantitative estimate of drug-likeness (QED) is 0.828. The van der Waals surface area contributed by atoms with E-state index in [1.165, 1.54) is 45.1 Å². The molecule has 2 saturated carbocycles. The fourth-order valence-electron chi connectivity index (χ4n) is 4.42. The van der Waals surface area contributed by atoms with Gasteiger partial charge in [-0.25, -0.2) is 0 Å². The Kier molecular flexibility index (Phi) is 3.95. The van der Waals surface area contributed by atoms with Crippen LogP contribution in [0.1, 0.15) is 52.4 Å². The third-order valence-electron chi connectivity index (χ3n) is 5.61. The zero-order valence-electron chi connectivity index (χ0n) is 12.0. The average Bonchev–Trinajstić information content (AvgIpc) is 2.99. The van der Waals surface area contributed by atoms with E-state index in [4.69, 9.17) is 4.74 Å². The summed E-state index contributed by atoms with van der Waals surface area (Å²) >= 11 is 0. The van der Waals surface area contributed by atoms with Gasteiger partial charge in [-0.1, -0.05) is 20.3 Å². The van der Waals surface area contributed by atoms with Crippen molar-refractivity contribution < 1.29 is 4.74 Å². The zero-order chi connectivity index (χ0) is 12.5. The minimum Gasteiger partial charge on any atom is -0.378 e. The Hall–Kier alpha value is -0.0800. The number of hydrogen-bond donors (Lipinski definition) is 1. The highest BCUT2D eigenvalue weighted by atomic mass is 16.5. The van der Waals surface area contributed by atoms with Crippen molar-refractivity contribution in [2.75, 3.05) is 13.2 Å². The van der Waals surface area contributed by atoms with Gasteiger partial charge >= 0.3 is 0 Å². The predicted octanol–water partition coefficient (Wildman–Crippen LogP) is 3.22. The van der Waals surface area contributed by atoms with E-state index in [1.54, 1.807) is 0 Å². The van der Waals surface area contributed by atoms with E-state index in [0.29, 0.717) is 18.1 Å². The Balaban J connectivity index is 1.43. The predicted molar refractivity (Wildman–Crippen MR) is 74.5 cm³/mol. The van der Waals surface area contributed by atoms with Crippen LogP contribution in [0.5, 0.6) is 0 Å². The first-order valence-corrected chi connectivity index (χ1v) is 8.07. The Bertz CT molecular complexity index is 278. The third kappa shape index (κ3) is 2.75. The van der Waals surface area contributed by atoms with Crippen LogP contribution in [-0.2, 0) is 4.74 Å². The molecule has 5 atom stereocenters. The van der Waals surface area contributed by atoms with E-state index in [2.05, 4.69) is 19.2 Å². The van der Waals surface area contributed by atoms with Gasteiger partial charge in [-0.05, 0) is 62.3 Å². The highest BCUT2D eigenvalue weighted by Gasteiger charge is 2.39. The van der Waals surface area contributed by atoms with Gasteiger partial charge in [0.25, 0.3) is 0 Å². The van der Waals surface area contributed by atoms with Crippen LogP contribution in [0.15, 0.2) is 0 Å². The highest BCUT2D eigenvalue weighted by Crippen LogP contribution is 2.48. The van der Waals surface area contributed by atoms with Crippen LogP contribution in [0, 0.1) is 23.7 Å². The SMILES string of the molecule is CC(C)C1CC(NCC2CC3CCC2C3)CCO1. The molecule has 2 bridgehead atoms. The summed E-state index contributed by atoms with van der Waals surface area (Å²) in [6, 6.07) is 0.713. The van der Waals surface area contributed by atoms with E-state index in [-0.39, 0.29) is 0 Å². The van der Waals surface area contributed by atoms with Crippen LogP contribution < -0.4 is 5.32 Å².